The Kier molecular flexibility index (Phi) is 4.42. The number of hydrogen-bond acceptors (Lipinski definition) is 3. The van der Waals surface area contributed by atoms with Crippen LogP contribution in [0.4, 0.5) is 0 Å². The van der Waals surface area contributed by atoms with Crippen LogP contribution in [0, 0.1) is 0 Å². The van der Waals surface area contributed by atoms with Crippen molar-refractivity contribution < 1.29 is 4.79 Å². The number of fused-ring (bicyclic) bond motifs is 1. The molecular formula is C19H19ClN4O. The average molecular weight is 355 g/mol. The number of carbonyl (C=O) groups is 1. The van der Waals surface area contributed by atoms with Gasteiger partial charge >= 0.3 is 0 Å². The summed E-state index contributed by atoms with van der Waals surface area (Å²) < 4.78 is 1.79. The third-order valence-electron chi connectivity index (χ3n) is 4.54. The highest BCUT2D eigenvalue weighted by Gasteiger charge is 2.23. The highest BCUT2D eigenvalue weighted by atomic mass is 35.5. The molecule has 1 amide bonds. The first-order valence-corrected chi connectivity index (χ1v) is 8.77. The Balaban J connectivity index is 1.40. The number of rotatable bonds is 3. The largest absolute Gasteiger partial charge is 0.335 e. The van der Waals surface area contributed by atoms with E-state index in [2.05, 4.69) is 34.1 Å². The first-order chi connectivity index (χ1) is 12.2. The Morgan fingerprint density at radius 2 is 1.76 bits per heavy atom. The number of amides is 1. The molecule has 0 saturated carbocycles. The maximum Gasteiger partial charge on any atom is 0.274 e. The van der Waals surface area contributed by atoms with Crippen molar-refractivity contribution in [2.24, 2.45) is 0 Å². The van der Waals surface area contributed by atoms with Crippen LogP contribution in [-0.4, -0.2) is 51.3 Å². The summed E-state index contributed by atoms with van der Waals surface area (Å²) in [4.78, 5) is 21.4. The molecule has 128 valence electrons. The second-order valence-corrected chi connectivity index (χ2v) is 6.73. The van der Waals surface area contributed by atoms with Crippen molar-refractivity contribution in [2.75, 3.05) is 26.2 Å². The molecule has 1 fully saturated rings. The van der Waals surface area contributed by atoms with Crippen LogP contribution in [0.15, 0.2) is 54.9 Å². The van der Waals surface area contributed by atoms with Gasteiger partial charge in [-0.25, -0.2) is 4.98 Å². The van der Waals surface area contributed by atoms with Crippen LogP contribution >= 0.6 is 11.6 Å². The molecule has 3 heterocycles. The molecule has 0 N–H and O–H groups in total. The van der Waals surface area contributed by atoms with Crippen LogP contribution in [-0.2, 0) is 6.54 Å². The first-order valence-electron chi connectivity index (χ1n) is 8.39. The van der Waals surface area contributed by atoms with E-state index in [1.807, 2.05) is 17.0 Å². The quantitative estimate of drug-likeness (QED) is 0.726. The van der Waals surface area contributed by atoms with E-state index in [-0.39, 0.29) is 5.91 Å². The molecule has 0 spiro atoms. The van der Waals surface area contributed by atoms with Crippen LogP contribution in [0.2, 0.25) is 5.02 Å². The van der Waals surface area contributed by atoms with E-state index in [1.54, 1.807) is 22.9 Å². The average Bonchev–Trinajstić information content (AvgIpc) is 3.06. The van der Waals surface area contributed by atoms with Crippen molar-refractivity contribution in [3.63, 3.8) is 0 Å². The zero-order valence-corrected chi connectivity index (χ0v) is 14.6. The second-order valence-electron chi connectivity index (χ2n) is 6.29. The van der Waals surface area contributed by atoms with Gasteiger partial charge in [-0.15, -0.1) is 0 Å². The van der Waals surface area contributed by atoms with E-state index in [9.17, 15) is 4.79 Å². The molecule has 3 aromatic rings. The first kappa shape index (κ1) is 16.1. The normalized spacial score (nSPS) is 15.6. The van der Waals surface area contributed by atoms with Gasteiger partial charge in [0, 0.05) is 45.1 Å². The van der Waals surface area contributed by atoms with Gasteiger partial charge in [0.25, 0.3) is 5.91 Å². The molecule has 0 unspecified atom stereocenters. The molecule has 25 heavy (non-hydrogen) atoms. The molecule has 0 atom stereocenters. The van der Waals surface area contributed by atoms with Crippen LogP contribution in [0.25, 0.3) is 5.65 Å². The lowest BCUT2D eigenvalue weighted by Crippen LogP contribution is -2.48. The predicted molar refractivity (Wildman–Crippen MR) is 97.8 cm³/mol. The molecule has 0 radical (unpaired) electrons. The molecule has 1 aromatic carbocycles. The van der Waals surface area contributed by atoms with Crippen molar-refractivity contribution in [1.82, 2.24) is 19.2 Å². The number of benzene rings is 1. The molecule has 4 rings (SSSR count). The Morgan fingerprint density at radius 1 is 1.00 bits per heavy atom. The fourth-order valence-corrected chi connectivity index (χ4v) is 3.35. The lowest BCUT2D eigenvalue weighted by atomic mass is 10.2. The van der Waals surface area contributed by atoms with Crippen molar-refractivity contribution >= 4 is 23.2 Å². The third kappa shape index (κ3) is 3.52. The van der Waals surface area contributed by atoms with E-state index < -0.39 is 0 Å². The number of piperazine rings is 1. The van der Waals surface area contributed by atoms with Gasteiger partial charge in [-0.2, -0.15) is 0 Å². The number of nitrogens with zero attached hydrogens (tertiary/aromatic N) is 4. The molecular weight excluding hydrogens is 336 g/mol. The summed E-state index contributed by atoms with van der Waals surface area (Å²) in [6.45, 7) is 4.12. The summed E-state index contributed by atoms with van der Waals surface area (Å²) in [5, 5.41) is 0.624. The van der Waals surface area contributed by atoms with Crippen LogP contribution in [0.5, 0.6) is 0 Å². The molecule has 1 aliphatic rings. The SMILES string of the molecule is O=C(c1cn2cc(Cl)ccc2n1)N1CCN(Cc2ccccc2)CC1. The highest BCUT2D eigenvalue weighted by Crippen LogP contribution is 2.15. The van der Waals surface area contributed by atoms with Crippen molar-refractivity contribution in [3.8, 4) is 0 Å². The standard InChI is InChI=1S/C19H19ClN4O/c20-16-6-7-18-21-17(14-24(18)13-16)19(25)23-10-8-22(9-11-23)12-15-4-2-1-3-5-15/h1-7,13-14H,8-12H2. The summed E-state index contributed by atoms with van der Waals surface area (Å²) in [6, 6.07) is 14.0. The summed E-state index contributed by atoms with van der Waals surface area (Å²) in [6.07, 6.45) is 3.51. The highest BCUT2D eigenvalue weighted by molar-refractivity contribution is 6.30. The Hall–Kier alpha value is -2.37. The van der Waals surface area contributed by atoms with Gasteiger partial charge in [0.15, 0.2) is 0 Å². The van der Waals surface area contributed by atoms with Crippen LogP contribution < -0.4 is 0 Å². The minimum Gasteiger partial charge on any atom is -0.335 e. The number of pyridine rings is 1. The van der Waals surface area contributed by atoms with Crippen LogP contribution in [0.3, 0.4) is 0 Å². The van der Waals surface area contributed by atoms with E-state index >= 15 is 0 Å². The van der Waals surface area contributed by atoms with Crippen molar-refractivity contribution in [1.29, 1.82) is 0 Å². The minimum atomic E-state index is -0.0146. The fourth-order valence-electron chi connectivity index (χ4n) is 3.18. The molecule has 1 aliphatic heterocycles. The topological polar surface area (TPSA) is 40.9 Å². The molecule has 6 heteroatoms. The summed E-state index contributed by atoms with van der Waals surface area (Å²) in [5.74, 6) is -0.0146. The van der Waals surface area contributed by atoms with Gasteiger partial charge in [-0.3, -0.25) is 9.69 Å². The Morgan fingerprint density at radius 3 is 2.52 bits per heavy atom. The number of aromatic nitrogens is 2. The smallest absolute Gasteiger partial charge is 0.274 e. The van der Waals surface area contributed by atoms with Gasteiger partial charge < -0.3 is 9.30 Å². The molecule has 5 nitrogen and oxygen atoms in total. The zero-order valence-electron chi connectivity index (χ0n) is 13.8. The van der Waals surface area contributed by atoms with Gasteiger partial charge in [-0.1, -0.05) is 41.9 Å². The molecule has 2 aromatic heterocycles. The molecule has 1 saturated heterocycles. The van der Waals surface area contributed by atoms with E-state index in [1.165, 1.54) is 5.56 Å². The van der Waals surface area contributed by atoms with Crippen molar-refractivity contribution in [3.05, 3.63) is 71.1 Å². The minimum absolute atomic E-state index is 0.0146. The molecule has 0 aliphatic carbocycles. The Bertz CT molecular complexity index is 885. The maximum absolute atomic E-state index is 12.7. The lowest BCUT2D eigenvalue weighted by molar-refractivity contribution is 0.0623. The predicted octanol–water partition coefficient (Wildman–Crippen LogP) is 2.95. The Labute approximate surface area is 151 Å². The summed E-state index contributed by atoms with van der Waals surface area (Å²) in [5.41, 5.74) is 2.51. The monoisotopic (exact) mass is 354 g/mol. The number of imidazole rings is 1. The third-order valence-corrected chi connectivity index (χ3v) is 4.77. The summed E-state index contributed by atoms with van der Waals surface area (Å²) in [7, 11) is 0. The number of hydrogen-bond donors (Lipinski definition) is 0. The van der Waals surface area contributed by atoms with Gasteiger partial charge in [0.05, 0.1) is 5.02 Å². The number of halogens is 1. The second kappa shape index (κ2) is 6.86. The molecule has 0 bridgehead atoms. The van der Waals surface area contributed by atoms with E-state index in [4.69, 9.17) is 11.6 Å². The van der Waals surface area contributed by atoms with Gasteiger partial charge in [-0.05, 0) is 17.7 Å². The maximum atomic E-state index is 12.7. The van der Waals surface area contributed by atoms with E-state index in [0.717, 1.165) is 38.4 Å². The lowest BCUT2D eigenvalue weighted by Gasteiger charge is -2.34. The van der Waals surface area contributed by atoms with Gasteiger partial charge in [0.2, 0.25) is 0 Å². The van der Waals surface area contributed by atoms with Crippen LogP contribution in [0.1, 0.15) is 16.1 Å². The van der Waals surface area contributed by atoms with E-state index in [0.29, 0.717) is 10.7 Å². The summed E-state index contributed by atoms with van der Waals surface area (Å²) >= 11 is 5.99. The van der Waals surface area contributed by atoms with Gasteiger partial charge in [0.1, 0.15) is 11.3 Å². The van der Waals surface area contributed by atoms with Crippen molar-refractivity contribution in [2.45, 2.75) is 6.54 Å². The fraction of sp³-hybridized carbons (Fsp3) is 0.263. The zero-order chi connectivity index (χ0) is 17.2. The number of carbonyl (C=O) groups excluding carboxylic acids is 1.